The summed E-state index contributed by atoms with van der Waals surface area (Å²) in [5, 5.41) is 9.72. The van der Waals surface area contributed by atoms with Crippen molar-refractivity contribution >= 4 is 10.8 Å². The lowest BCUT2D eigenvalue weighted by Gasteiger charge is -2.01. The van der Waals surface area contributed by atoms with E-state index in [0.717, 1.165) is 6.07 Å². The molecule has 0 spiro atoms. The first kappa shape index (κ1) is 7.98. The van der Waals surface area contributed by atoms with E-state index < -0.39 is 11.6 Å². The summed E-state index contributed by atoms with van der Waals surface area (Å²) in [7, 11) is 0. The number of aromatic hydroxyl groups is 1. The molecule has 0 atom stereocenters. The summed E-state index contributed by atoms with van der Waals surface area (Å²) in [4.78, 5) is 0. The van der Waals surface area contributed by atoms with Crippen molar-refractivity contribution in [2.24, 2.45) is 0 Å². The van der Waals surface area contributed by atoms with Crippen LogP contribution in [0.25, 0.3) is 10.8 Å². The first-order valence-corrected chi connectivity index (χ1v) is 3.76. The Morgan fingerprint density at radius 1 is 0.923 bits per heavy atom. The third-order valence-electron chi connectivity index (χ3n) is 1.93. The minimum absolute atomic E-state index is 0.0450. The molecule has 3 heteroatoms. The van der Waals surface area contributed by atoms with Gasteiger partial charge in [-0.3, -0.25) is 0 Å². The highest BCUT2D eigenvalue weighted by atomic mass is 19.2. The molecule has 13 heavy (non-hydrogen) atoms. The number of fused-ring (bicyclic) bond motifs is 1. The zero-order valence-corrected chi connectivity index (χ0v) is 6.59. The van der Waals surface area contributed by atoms with Gasteiger partial charge in [-0.2, -0.15) is 0 Å². The van der Waals surface area contributed by atoms with Gasteiger partial charge in [0.15, 0.2) is 11.6 Å². The van der Waals surface area contributed by atoms with Crippen molar-refractivity contribution in [2.75, 3.05) is 0 Å². The van der Waals surface area contributed by atoms with Crippen LogP contribution in [-0.2, 0) is 0 Å². The van der Waals surface area contributed by atoms with Crippen molar-refractivity contribution in [1.82, 2.24) is 0 Å². The number of hydrogen-bond donors (Lipinski definition) is 1. The second kappa shape index (κ2) is 2.69. The van der Waals surface area contributed by atoms with Gasteiger partial charge in [0.25, 0.3) is 0 Å². The predicted octanol–water partition coefficient (Wildman–Crippen LogP) is 2.82. The van der Waals surface area contributed by atoms with E-state index in [-0.39, 0.29) is 11.1 Å². The number of benzene rings is 2. The SMILES string of the molecule is Oc1cccc2c(F)c(F)ccc12. The third-order valence-corrected chi connectivity index (χ3v) is 1.93. The van der Waals surface area contributed by atoms with E-state index in [2.05, 4.69) is 0 Å². The van der Waals surface area contributed by atoms with E-state index in [1.165, 1.54) is 24.3 Å². The lowest BCUT2D eigenvalue weighted by molar-refractivity contribution is 0.480. The molecule has 2 aromatic carbocycles. The molecule has 0 aliphatic heterocycles. The zero-order valence-electron chi connectivity index (χ0n) is 6.59. The Labute approximate surface area is 73.2 Å². The zero-order chi connectivity index (χ0) is 9.42. The molecular formula is C10H6F2O. The van der Waals surface area contributed by atoms with Crippen molar-refractivity contribution < 1.29 is 13.9 Å². The third kappa shape index (κ3) is 1.13. The summed E-state index contributed by atoms with van der Waals surface area (Å²) < 4.78 is 25.8. The maximum Gasteiger partial charge on any atom is 0.166 e. The van der Waals surface area contributed by atoms with Gasteiger partial charge >= 0.3 is 0 Å². The van der Waals surface area contributed by atoms with Crippen molar-refractivity contribution in [3.8, 4) is 5.75 Å². The molecule has 0 heterocycles. The highest BCUT2D eigenvalue weighted by Crippen LogP contribution is 2.27. The summed E-state index contributed by atoms with van der Waals surface area (Å²) in [6.45, 7) is 0. The van der Waals surface area contributed by atoms with Gasteiger partial charge in [-0.1, -0.05) is 12.1 Å². The van der Waals surface area contributed by atoms with Crippen LogP contribution >= 0.6 is 0 Å². The van der Waals surface area contributed by atoms with E-state index in [4.69, 9.17) is 0 Å². The molecule has 0 aromatic heterocycles. The fraction of sp³-hybridized carbons (Fsp3) is 0. The Hall–Kier alpha value is -1.64. The van der Waals surface area contributed by atoms with E-state index in [1.54, 1.807) is 0 Å². The second-order valence-corrected chi connectivity index (χ2v) is 2.73. The summed E-state index contributed by atoms with van der Waals surface area (Å²) in [5.74, 6) is -1.87. The fourth-order valence-electron chi connectivity index (χ4n) is 1.28. The van der Waals surface area contributed by atoms with Gasteiger partial charge in [0, 0.05) is 10.8 Å². The topological polar surface area (TPSA) is 20.2 Å². The quantitative estimate of drug-likeness (QED) is 0.660. The molecule has 0 radical (unpaired) electrons. The minimum Gasteiger partial charge on any atom is -0.507 e. The van der Waals surface area contributed by atoms with Gasteiger partial charge in [-0.05, 0) is 18.2 Å². The van der Waals surface area contributed by atoms with Gasteiger partial charge in [-0.25, -0.2) is 8.78 Å². The van der Waals surface area contributed by atoms with Crippen LogP contribution in [0.4, 0.5) is 8.78 Å². The monoisotopic (exact) mass is 180 g/mol. The van der Waals surface area contributed by atoms with Crippen molar-refractivity contribution in [2.45, 2.75) is 0 Å². The molecule has 0 aliphatic carbocycles. The standard InChI is InChI=1S/C10H6F2O/c11-8-5-4-6-7(10(8)12)2-1-3-9(6)13/h1-5,13H. The summed E-state index contributed by atoms with van der Waals surface area (Å²) >= 11 is 0. The van der Waals surface area contributed by atoms with E-state index in [9.17, 15) is 13.9 Å². The van der Waals surface area contributed by atoms with Crippen molar-refractivity contribution in [3.63, 3.8) is 0 Å². The Kier molecular flexibility index (Phi) is 1.65. The van der Waals surface area contributed by atoms with Crippen LogP contribution in [0.2, 0.25) is 0 Å². The molecule has 1 N–H and O–H groups in total. The first-order valence-electron chi connectivity index (χ1n) is 3.76. The lowest BCUT2D eigenvalue weighted by atomic mass is 10.1. The molecule has 0 saturated heterocycles. The summed E-state index contributed by atoms with van der Waals surface area (Å²) in [6, 6.07) is 6.67. The van der Waals surface area contributed by atoms with Gasteiger partial charge in [0.05, 0.1) is 0 Å². The average Bonchev–Trinajstić information content (AvgIpc) is 2.12. The van der Waals surface area contributed by atoms with Crippen LogP contribution < -0.4 is 0 Å². The number of hydrogen-bond acceptors (Lipinski definition) is 1. The van der Waals surface area contributed by atoms with Crippen LogP contribution in [0.3, 0.4) is 0 Å². The van der Waals surface area contributed by atoms with Crippen molar-refractivity contribution in [1.29, 1.82) is 0 Å². The maximum absolute atomic E-state index is 13.1. The number of phenols is 1. The van der Waals surface area contributed by atoms with Gasteiger partial charge < -0.3 is 5.11 Å². The van der Waals surface area contributed by atoms with E-state index in [0.29, 0.717) is 5.39 Å². The predicted molar refractivity (Wildman–Crippen MR) is 45.5 cm³/mol. The molecule has 1 nitrogen and oxygen atoms in total. The normalized spacial score (nSPS) is 10.6. The van der Waals surface area contributed by atoms with Crippen LogP contribution in [-0.4, -0.2) is 5.11 Å². The van der Waals surface area contributed by atoms with Crippen LogP contribution in [0, 0.1) is 11.6 Å². The summed E-state index contributed by atoms with van der Waals surface area (Å²) in [6.07, 6.45) is 0. The molecule has 0 amide bonds. The Balaban J connectivity index is 2.94. The molecule has 2 aromatic rings. The highest BCUT2D eigenvalue weighted by molar-refractivity contribution is 5.88. The first-order chi connectivity index (χ1) is 6.20. The van der Waals surface area contributed by atoms with Crippen molar-refractivity contribution in [3.05, 3.63) is 42.0 Å². The number of halogens is 2. The molecular weight excluding hydrogens is 174 g/mol. The fourth-order valence-corrected chi connectivity index (χ4v) is 1.28. The highest BCUT2D eigenvalue weighted by Gasteiger charge is 2.08. The van der Waals surface area contributed by atoms with E-state index in [1.807, 2.05) is 0 Å². The second-order valence-electron chi connectivity index (χ2n) is 2.73. The molecule has 0 fully saturated rings. The van der Waals surface area contributed by atoms with Crippen LogP contribution in [0.5, 0.6) is 5.75 Å². The molecule has 2 rings (SSSR count). The van der Waals surface area contributed by atoms with Gasteiger partial charge in [0.1, 0.15) is 5.75 Å². The smallest absolute Gasteiger partial charge is 0.166 e. The Morgan fingerprint density at radius 2 is 1.69 bits per heavy atom. The lowest BCUT2D eigenvalue weighted by Crippen LogP contribution is -1.85. The van der Waals surface area contributed by atoms with Gasteiger partial charge in [0.2, 0.25) is 0 Å². The van der Waals surface area contributed by atoms with Crippen LogP contribution in [0.1, 0.15) is 0 Å². The number of phenolic OH excluding ortho intramolecular Hbond substituents is 1. The molecule has 66 valence electrons. The average molecular weight is 180 g/mol. The van der Waals surface area contributed by atoms with Crippen LogP contribution in [0.15, 0.2) is 30.3 Å². The molecule has 0 saturated carbocycles. The maximum atomic E-state index is 13.1. The number of rotatable bonds is 0. The Morgan fingerprint density at radius 3 is 2.46 bits per heavy atom. The molecule has 0 bridgehead atoms. The van der Waals surface area contributed by atoms with E-state index >= 15 is 0 Å². The van der Waals surface area contributed by atoms with Gasteiger partial charge in [-0.15, -0.1) is 0 Å². The molecule has 0 aliphatic rings. The largest absolute Gasteiger partial charge is 0.507 e. The minimum atomic E-state index is -0.923. The Bertz CT molecular complexity index is 466. The summed E-state index contributed by atoms with van der Waals surface area (Å²) in [5.41, 5.74) is 0. The molecule has 0 unspecified atom stereocenters.